The van der Waals surface area contributed by atoms with Crippen LogP contribution in [-0.2, 0) is 13.0 Å². The zero-order valence-electron chi connectivity index (χ0n) is 18.7. The topological polar surface area (TPSA) is 70.8 Å². The third-order valence-electron chi connectivity index (χ3n) is 5.84. The molecule has 1 aliphatic rings. The molecule has 1 aromatic heterocycles. The van der Waals surface area contributed by atoms with Gasteiger partial charge in [0, 0.05) is 38.4 Å². The first-order chi connectivity index (χ1) is 15.6. The predicted molar refractivity (Wildman–Crippen MR) is 124 cm³/mol. The highest BCUT2D eigenvalue weighted by Gasteiger charge is 2.20. The van der Waals surface area contributed by atoms with E-state index in [1.165, 1.54) is 17.5 Å². The third-order valence-corrected chi connectivity index (χ3v) is 5.84. The lowest BCUT2D eigenvalue weighted by Gasteiger charge is -2.36. The van der Waals surface area contributed by atoms with Crippen LogP contribution in [0.15, 0.2) is 59.2 Å². The Morgan fingerprint density at radius 2 is 1.84 bits per heavy atom. The highest BCUT2D eigenvalue weighted by atomic mass is 16.5. The maximum Gasteiger partial charge on any atom is 0.273 e. The highest BCUT2D eigenvalue weighted by Crippen LogP contribution is 2.21. The molecule has 168 valence electrons. The van der Waals surface area contributed by atoms with Crippen molar-refractivity contribution in [1.29, 1.82) is 0 Å². The minimum atomic E-state index is -0.223. The van der Waals surface area contributed by atoms with E-state index in [4.69, 9.17) is 9.15 Å². The van der Waals surface area contributed by atoms with Crippen LogP contribution in [0.25, 0.3) is 0 Å². The van der Waals surface area contributed by atoms with Crippen LogP contribution >= 0.6 is 0 Å². The molecule has 7 nitrogen and oxygen atoms in total. The lowest BCUT2D eigenvalue weighted by Crippen LogP contribution is -2.46. The number of aromatic nitrogens is 1. The first-order valence-electron chi connectivity index (χ1n) is 11.0. The van der Waals surface area contributed by atoms with E-state index in [1.807, 2.05) is 24.3 Å². The van der Waals surface area contributed by atoms with Crippen molar-refractivity contribution in [1.82, 2.24) is 15.2 Å². The molecule has 3 aromatic rings. The lowest BCUT2D eigenvalue weighted by molar-refractivity contribution is 0.0949. The first kappa shape index (κ1) is 21.9. The number of methoxy groups -OCH3 is 1. The van der Waals surface area contributed by atoms with Crippen molar-refractivity contribution in [3.63, 3.8) is 0 Å². The second-order valence-corrected chi connectivity index (χ2v) is 7.99. The summed E-state index contributed by atoms with van der Waals surface area (Å²) in [5, 5.41) is 2.91. The van der Waals surface area contributed by atoms with Crippen molar-refractivity contribution >= 4 is 11.6 Å². The summed E-state index contributed by atoms with van der Waals surface area (Å²) in [4.78, 5) is 21.6. The Kier molecular flexibility index (Phi) is 7.07. The minimum absolute atomic E-state index is 0.223. The van der Waals surface area contributed by atoms with Gasteiger partial charge in [-0.2, -0.15) is 0 Å². The fourth-order valence-corrected chi connectivity index (χ4v) is 4.05. The van der Waals surface area contributed by atoms with Gasteiger partial charge >= 0.3 is 0 Å². The quantitative estimate of drug-likeness (QED) is 0.587. The van der Waals surface area contributed by atoms with Crippen molar-refractivity contribution in [2.75, 3.05) is 44.7 Å². The number of nitrogens with zero attached hydrogens (tertiary/aromatic N) is 3. The number of carbonyl (C=O) groups is 1. The van der Waals surface area contributed by atoms with Gasteiger partial charge in [0.1, 0.15) is 12.0 Å². The Morgan fingerprint density at radius 3 is 2.62 bits per heavy atom. The van der Waals surface area contributed by atoms with Crippen LogP contribution in [0.4, 0.5) is 5.69 Å². The number of aryl methyl sites for hydroxylation is 1. The maximum atomic E-state index is 12.4. The maximum absolute atomic E-state index is 12.4. The van der Waals surface area contributed by atoms with E-state index in [1.54, 1.807) is 7.11 Å². The predicted octanol–water partition coefficient (Wildman–Crippen LogP) is 3.29. The molecule has 0 bridgehead atoms. The second-order valence-electron chi connectivity index (χ2n) is 7.99. The van der Waals surface area contributed by atoms with Gasteiger partial charge in [-0.15, -0.1) is 0 Å². The first-order valence-corrected chi connectivity index (χ1v) is 11.0. The summed E-state index contributed by atoms with van der Waals surface area (Å²) in [5.41, 5.74) is 3.98. The fourth-order valence-electron chi connectivity index (χ4n) is 4.05. The van der Waals surface area contributed by atoms with Crippen molar-refractivity contribution in [3.05, 3.63) is 77.5 Å². The molecule has 0 unspecified atom stereocenters. The number of hydrogen-bond acceptors (Lipinski definition) is 6. The zero-order valence-corrected chi connectivity index (χ0v) is 18.7. The Balaban J connectivity index is 1.24. The van der Waals surface area contributed by atoms with Crippen molar-refractivity contribution in [2.24, 2.45) is 0 Å². The highest BCUT2D eigenvalue weighted by molar-refractivity contribution is 5.91. The molecule has 2 aromatic carbocycles. The summed E-state index contributed by atoms with van der Waals surface area (Å²) in [5.74, 6) is 1.18. The monoisotopic (exact) mass is 434 g/mol. The number of benzene rings is 2. The number of rotatable bonds is 8. The molecule has 1 fully saturated rings. The lowest BCUT2D eigenvalue weighted by atomic mass is 10.1. The number of amides is 1. The molecule has 0 radical (unpaired) electrons. The Labute approximate surface area is 189 Å². The third kappa shape index (κ3) is 5.29. The molecule has 0 saturated carbocycles. The van der Waals surface area contributed by atoms with Gasteiger partial charge in [-0.3, -0.25) is 9.69 Å². The van der Waals surface area contributed by atoms with Crippen LogP contribution in [0.3, 0.4) is 0 Å². The Morgan fingerprint density at radius 1 is 1.09 bits per heavy atom. The molecule has 2 heterocycles. The van der Waals surface area contributed by atoms with Crippen LogP contribution in [0.1, 0.15) is 27.5 Å². The minimum Gasteiger partial charge on any atom is -0.496 e. The SMILES string of the molecule is COc1ccccc1CCNC(=O)c1coc(CN2CCN(c3ccccc3C)CC2)n1. The summed E-state index contributed by atoms with van der Waals surface area (Å²) >= 11 is 0. The van der Waals surface area contributed by atoms with Crippen LogP contribution < -0.4 is 15.0 Å². The average molecular weight is 435 g/mol. The Bertz CT molecular complexity index is 1040. The van der Waals surface area contributed by atoms with Gasteiger partial charge in [-0.1, -0.05) is 36.4 Å². The zero-order chi connectivity index (χ0) is 22.3. The van der Waals surface area contributed by atoms with E-state index >= 15 is 0 Å². The van der Waals surface area contributed by atoms with Crippen molar-refractivity contribution in [3.8, 4) is 5.75 Å². The number of piperazine rings is 1. The molecular weight excluding hydrogens is 404 g/mol. The molecule has 7 heteroatoms. The number of carbonyl (C=O) groups excluding carboxylic acids is 1. The van der Waals surface area contributed by atoms with Crippen LogP contribution in [0.2, 0.25) is 0 Å². The molecule has 0 spiro atoms. The number of hydrogen-bond donors (Lipinski definition) is 1. The van der Waals surface area contributed by atoms with Gasteiger partial charge in [0.15, 0.2) is 5.69 Å². The summed E-state index contributed by atoms with van der Waals surface area (Å²) in [7, 11) is 1.65. The summed E-state index contributed by atoms with van der Waals surface area (Å²) < 4.78 is 10.9. The normalized spacial score (nSPS) is 14.4. The largest absolute Gasteiger partial charge is 0.496 e. The number of para-hydroxylation sites is 2. The summed E-state index contributed by atoms with van der Waals surface area (Å²) in [6.45, 7) is 7.04. The standard InChI is InChI=1S/C25H30N4O3/c1-19-7-3-5-9-22(19)29-15-13-28(14-16-29)17-24-27-21(18-32-24)25(30)26-12-11-20-8-4-6-10-23(20)31-2/h3-10,18H,11-17H2,1-2H3,(H,26,30). The van der Waals surface area contributed by atoms with Gasteiger partial charge in [-0.25, -0.2) is 4.98 Å². The van der Waals surface area contributed by atoms with E-state index < -0.39 is 0 Å². The van der Waals surface area contributed by atoms with Crippen molar-refractivity contribution < 1.29 is 13.9 Å². The molecule has 1 saturated heterocycles. The van der Waals surface area contributed by atoms with Gasteiger partial charge in [0.05, 0.1) is 13.7 Å². The van der Waals surface area contributed by atoms with Crippen LogP contribution in [0, 0.1) is 6.92 Å². The smallest absolute Gasteiger partial charge is 0.273 e. The van der Waals surface area contributed by atoms with Gasteiger partial charge in [0.25, 0.3) is 5.91 Å². The average Bonchev–Trinajstić information content (AvgIpc) is 3.29. The molecule has 0 atom stereocenters. The summed E-state index contributed by atoms with van der Waals surface area (Å²) in [6, 6.07) is 16.3. The van der Waals surface area contributed by atoms with E-state index in [-0.39, 0.29) is 5.91 Å². The number of ether oxygens (including phenoxy) is 1. The molecular formula is C25H30N4O3. The molecule has 4 rings (SSSR count). The van der Waals surface area contributed by atoms with Crippen molar-refractivity contribution in [2.45, 2.75) is 19.9 Å². The molecule has 0 aliphatic carbocycles. The fraction of sp³-hybridized carbons (Fsp3) is 0.360. The van der Waals surface area contributed by atoms with E-state index in [9.17, 15) is 4.79 Å². The number of oxazole rings is 1. The van der Waals surface area contributed by atoms with Crippen LogP contribution in [0.5, 0.6) is 5.75 Å². The van der Waals surface area contributed by atoms with E-state index in [0.717, 1.165) is 37.5 Å². The van der Waals surface area contributed by atoms with Gasteiger partial charge in [-0.05, 0) is 36.6 Å². The Hall–Kier alpha value is -3.32. The second kappa shape index (κ2) is 10.3. The van der Waals surface area contributed by atoms with E-state index in [2.05, 4.69) is 51.3 Å². The number of nitrogens with one attached hydrogen (secondary N) is 1. The molecule has 1 amide bonds. The number of anilines is 1. The molecule has 1 aliphatic heterocycles. The summed E-state index contributed by atoms with van der Waals surface area (Å²) in [6.07, 6.45) is 2.13. The molecule has 32 heavy (non-hydrogen) atoms. The van der Waals surface area contributed by atoms with Gasteiger partial charge in [0.2, 0.25) is 5.89 Å². The van der Waals surface area contributed by atoms with Gasteiger partial charge < -0.3 is 19.4 Å². The van der Waals surface area contributed by atoms with E-state index in [0.29, 0.717) is 31.1 Å². The van der Waals surface area contributed by atoms with Crippen LogP contribution in [-0.4, -0.2) is 55.6 Å². The molecule has 1 N–H and O–H groups in total.